The Hall–Kier alpha value is -1.04. The normalized spacial score (nSPS) is 26.6. The first kappa shape index (κ1) is 13.0. The van der Waals surface area contributed by atoms with Gasteiger partial charge in [-0.1, -0.05) is 6.42 Å². The molecule has 0 radical (unpaired) electrons. The molecule has 1 aliphatic carbocycles. The molecule has 0 aromatic carbocycles. The average Bonchev–Trinajstić information content (AvgIpc) is 2.29. The van der Waals surface area contributed by atoms with Gasteiger partial charge >= 0.3 is 0 Å². The van der Waals surface area contributed by atoms with Crippen LogP contribution in [0.15, 0.2) is 5.28 Å². The summed E-state index contributed by atoms with van der Waals surface area (Å²) in [5, 5.41) is 26.0. The van der Waals surface area contributed by atoms with E-state index in [1.807, 2.05) is 13.8 Å². The second-order valence-corrected chi connectivity index (χ2v) is 3.97. The second-order valence-electron chi connectivity index (χ2n) is 3.97. The van der Waals surface area contributed by atoms with Gasteiger partial charge in [-0.15, -0.1) is 5.01 Å². The molecule has 0 amide bonds. The zero-order chi connectivity index (χ0) is 12.0. The molecule has 1 fully saturated rings. The summed E-state index contributed by atoms with van der Waals surface area (Å²) >= 11 is 0. The molecule has 0 saturated heterocycles. The topological polar surface area (TPSA) is 71.1 Å². The Balaban J connectivity index is 2.44. The summed E-state index contributed by atoms with van der Waals surface area (Å²) in [4.78, 5) is 5.55. The Morgan fingerprint density at radius 2 is 2.00 bits per heavy atom. The Morgan fingerprint density at radius 1 is 1.38 bits per heavy atom. The molecule has 16 heavy (non-hydrogen) atoms. The lowest BCUT2D eigenvalue weighted by molar-refractivity contribution is -0.711. The number of rotatable bonds is 5. The van der Waals surface area contributed by atoms with Crippen molar-refractivity contribution < 1.29 is 14.9 Å². The van der Waals surface area contributed by atoms with E-state index in [1.165, 1.54) is 5.01 Å². The molecule has 6 nitrogen and oxygen atoms in total. The molecule has 0 aromatic rings. The zero-order valence-electron chi connectivity index (χ0n) is 10.0. The van der Waals surface area contributed by atoms with Crippen molar-refractivity contribution in [2.75, 3.05) is 13.1 Å². The van der Waals surface area contributed by atoms with E-state index < -0.39 is 6.10 Å². The van der Waals surface area contributed by atoms with E-state index in [2.05, 4.69) is 5.28 Å². The van der Waals surface area contributed by atoms with Gasteiger partial charge in [0.15, 0.2) is 6.10 Å². The maximum Gasteiger partial charge on any atom is 0.233 e. The van der Waals surface area contributed by atoms with Gasteiger partial charge in [0.25, 0.3) is 0 Å². The van der Waals surface area contributed by atoms with Gasteiger partial charge in [-0.3, -0.25) is 0 Å². The molecule has 1 saturated carbocycles. The third kappa shape index (κ3) is 3.52. The minimum atomic E-state index is -0.498. The molecule has 2 unspecified atom stereocenters. The van der Waals surface area contributed by atoms with E-state index in [0.717, 1.165) is 25.7 Å². The smallest absolute Gasteiger partial charge is 0.233 e. The van der Waals surface area contributed by atoms with Crippen molar-refractivity contribution in [3.8, 4) is 0 Å². The summed E-state index contributed by atoms with van der Waals surface area (Å²) in [5.74, 6) is 0. The lowest BCUT2D eigenvalue weighted by atomic mass is 9.95. The number of aliphatic hydroxyl groups excluding tert-OH is 1. The molecule has 6 heteroatoms. The highest BCUT2D eigenvalue weighted by Gasteiger charge is 2.26. The predicted molar refractivity (Wildman–Crippen MR) is 58.3 cm³/mol. The Kier molecular flexibility index (Phi) is 5.31. The van der Waals surface area contributed by atoms with Gasteiger partial charge in [-0.2, -0.15) is 0 Å². The van der Waals surface area contributed by atoms with Crippen LogP contribution < -0.4 is 0 Å². The van der Waals surface area contributed by atoms with Crippen molar-refractivity contribution >= 4 is 0 Å². The van der Waals surface area contributed by atoms with Crippen LogP contribution >= 0.6 is 0 Å². The molecular weight excluding hydrogens is 210 g/mol. The molecule has 0 bridgehead atoms. The standard InChI is InChI=1S/C10H21N3O3/c1-3-12(4-2)13(15)11-16-10-8-6-5-7-9(10)14/h9-10,14H,3-8H2,1-2H3/b13-11-. The van der Waals surface area contributed by atoms with Crippen molar-refractivity contribution in [3.63, 3.8) is 0 Å². The van der Waals surface area contributed by atoms with Crippen LogP contribution in [0.5, 0.6) is 0 Å². The van der Waals surface area contributed by atoms with Crippen molar-refractivity contribution in [1.82, 2.24) is 5.01 Å². The van der Waals surface area contributed by atoms with Crippen molar-refractivity contribution in [2.45, 2.75) is 51.7 Å². The molecule has 1 aliphatic rings. The summed E-state index contributed by atoms with van der Waals surface area (Å²) in [6.45, 7) is 4.92. The van der Waals surface area contributed by atoms with Gasteiger partial charge < -0.3 is 15.2 Å². The number of hydrazine groups is 1. The van der Waals surface area contributed by atoms with Crippen LogP contribution in [0.25, 0.3) is 0 Å². The van der Waals surface area contributed by atoms with Crippen LogP contribution in [-0.2, 0) is 4.84 Å². The monoisotopic (exact) mass is 231 g/mol. The van der Waals surface area contributed by atoms with Crippen LogP contribution in [0.1, 0.15) is 39.5 Å². The first-order chi connectivity index (χ1) is 7.69. The van der Waals surface area contributed by atoms with Gasteiger partial charge in [0.2, 0.25) is 5.28 Å². The predicted octanol–water partition coefficient (Wildman–Crippen LogP) is 1.44. The highest BCUT2D eigenvalue weighted by atomic mass is 16.7. The summed E-state index contributed by atoms with van der Waals surface area (Å²) in [6, 6.07) is 0. The quantitative estimate of drug-likeness (QED) is 0.441. The maximum absolute atomic E-state index is 11.4. The number of nitrogens with zero attached hydrogens (tertiary/aromatic N) is 3. The maximum atomic E-state index is 11.4. The third-order valence-corrected chi connectivity index (χ3v) is 2.89. The van der Waals surface area contributed by atoms with E-state index in [-0.39, 0.29) is 6.10 Å². The highest BCUT2D eigenvalue weighted by Crippen LogP contribution is 2.21. The Morgan fingerprint density at radius 3 is 2.56 bits per heavy atom. The van der Waals surface area contributed by atoms with Gasteiger partial charge in [-0.25, -0.2) is 0 Å². The molecule has 0 aliphatic heterocycles. The number of hydrogen-bond donors (Lipinski definition) is 1. The molecule has 0 aromatic heterocycles. The van der Waals surface area contributed by atoms with E-state index in [9.17, 15) is 10.3 Å². The van der Waals surface area contributed by atoms with Gasteiger partial charge in [0, 0.05) is 0 Å². The van der Waals surface area contributed by atoms with Crippen LogP contribution in [0.2, 0.25) is 0 Å². The molecule has 2 atom stereocenters. The highest BCUT2D eigenvalue weighted by molar-refractivity contribution is 4.73. The van der Waals surface area contributed by atoms with E-state index >= 15 is 0 Å². The fourth-order valence-electron chi connectivity index (χ4n) is 1.82. The van der Waals surface area contributed by atoms with E-state index in [0.29, 0.717) is 18.1 Å². The number of aliphatic hydroxyl groups is 1. The lowest BCUT2D eigenvalue weighted by Gasteiger charge is -2.24. The first-order valence-electron chi connectivity index (χ1n) is 5.96. The average molecular weight is 231 g/mol. The largest absolute Gasteiger partial charge is 0.569 e. The van der Waals surface area contributed by atoms with Crippen LogP contribution in [0.4, 0.5) is 0 Å². The molecule has 0 spiro atoms. The van der Waals surface area contributed by atoms with Crippen molar-refractivity contribution in [1.29, 1.82) is 0 Å². The van der Waals surface area contributed by atoms with Crippen molar-refractivity contribution in [2.24, 2.45) is 5.28 Å². The molecule has 1 rings (SSSR count). The van der Waals surface area contributed by atoms with Crippen LogP contribution in [-0.4, -0.2) is 40.4 Å². The first-order valence-corrected chi connectivity index (χ1v) is 5.96. The van der Waals surface area contributed by atoms with Crippen LogP contribution in [0.3, 0.4) is 0 Å². The number of hydrogen-bond acceptors (Lipinski definition) is 4. The summed E-state index contributed by atoms with van der Waals surface area (Å²) in [7, 11) is 0. The molecule has 1 N–H and O–H groups in total. The Bertz CT molecular complexity index is 231. The fraction of sp³-hybridized carbons (Fsp3) is 1.00. The van der Waals surface area contributed by atoms with Gasteiger partial charge in [0.1, 0.15) is 0 Å². The lowest BCUT2D eigenvalue weighted by Crippen LogP contribution is -2.34. The second kappa shape index (κ2) is 6.52. The summed E-state index contributed by atoms with van der Waals surface area (Å²) < 4.78 is 0. The van der Waals surface area contributed by atoms with Crippen molar-refractivity contribution in [3.05, 3.63) is 5.21 Å². The Labute approximate surface area is 96.0 Å². The third-order valence-electron chi connectivity index (χ3n) is 2.89. The fourth-order valence-corrected chi connectivity index (χ4v) is 1.82. The van der Waals surface area contributed by atoms with E-state index in [4.69, 9.17) is 4.84 Å². The molecule has 0 heterocycles. The van der Waals surface area contributed by atoms with Crippen LogP contribution in [0, 0.1) is 5.21 Å². The van der Waals surface area contributed by atoms with Gasteiger partial charge in [-0.05, 0) is 33.1 Å². The SMILES string of the molecule is CCN(CC)/[N+]([O-])=N/OC1CCCCC1O. The minimum absolute atomic E-state index is 0.333. The molecule has 94 valence electrons. The molecular formula is C10H21N3O3. The minimum Gasteiger partial charge on any atom is -0.569 e. The summed E-state index contributed by atoms with van der Waals surface area (Å²) in [5.41, 5.74) is 0. The van der Waals surface area contributed by atoms with E-state index in [1.54, 1.807) is 0 Å². The van der Waals surface area contributed by atoms with Gasteiger partial charge in [0.05, 0.1) is 24.2 Å². The summed E-state index contributed by atoms with van der Waals surface area (Å²) in [6.07, 6.45) is 2.68. The zero-order valence-corrected chi connectivity index (χ0v) is 10.0.